The Bertz CT molecular complexity index is 1130. The summed E-state index contributed by atoms with van der Waals surface area (Å²) in [6.07, 6.45) is -0.439. The lowest BCUT2D eigenvalue weighted by atomic mass is 10.0. The lowest BCUT2D eigenvalue weighted by molar-refractivity contribution is 0.0920. The Labute approximate surface area is 176 Å². The summed E-state index contributed by atoms with van der Waals surface area (Å²) in [6.45, 7) is 1.84. The molecule has 0 aromatic heterocycles. The Kier molecular flexibility index (Phi) is 6.47. The van der Waals surface area contributed by atoms with Crippen molar-refractivity contribution in [1.82, 2.24) is 0 Å². The summed E-state index contributed by atoms with van der Waals surface area (Å²) in [4.78, 5) is 26.0. The SMILES string of the molecule is COc1ccc(C(=O)[C@H](CC(=O)c2ccccc2)S(=O)(=O)c2ccc(C)cc2)cc1. The van der Waals surface area contributed by atoms with E-state index in [1.807, 2.05) is 6.92 Å². The fourth-order valence-corrected chi connectivity index (χ4v) is 4.72. The Morgan fingerprint density at radius 1 is 0.833 bits per heavy atom. The van der Waals surface area contributed by atoms with E-state index in [9.17, 15) is 18.0 Å². The molecule has 0 bridgehead atoms. The number of ether oxygens (including phenoxy) is 1. The molecule has 0 radical (unpaired) electrons. The van der Waals surface area contributed by atoms with Gasteiger partial charge in [0.15, 0.2) is 21.4 Å². The Morgan fingerprint density at radius 2 is 1.43 bits per heavy atom. The molecule has 0 unspecified atom stereocenters. The fourth-order valence-electron chi connectivity index (χ4n) is 3.09. The van der Waals surface area contributed by atoms with Crippen LogP contribution in [0.3, 0.4) is 0 Å². The molecule has 0 saturated carbocycles. The minimum absolute atomic E-state index is 0.0147. The molecule has 0 fully saturated rings. The normalized spacial score (nSPS) is 12.2. The maximum Gasteiger partial charge on any atom is 0.189 e. The maximum absolute atomic E-state index is 13.4. The van der Waals surface area contributed by atoms with Gasteiger partial charge in [-0.3, -0.25) is 9.59 Å². The second-order valence-electron chi connectivity index (χ2n) is 6.93. The minimum atomic E-state index is -4.09. The van der Waals surface area contributed by atoms with E-state index in [-0.39, 0.29) is 10.5 Å². The third kappa shape index (κ3) is 4.66. The average Bonchev–Trinajstić information content (AvgIpc) is 2.77. The van der Waals surface area contributed by atoms with Gasteiger partial charge in [0.25, 0.3) is 0 Å². The van der Waals surface area contributed by atoms with Gasteiger partial charge in [-0.2, -0.15) is 0 Å². The summed E-state index contributed by atoms with van der Waals surface area (Å²) in [5.41, 5.74) is 1.47. The van der Waals surface area contributed by atoms with Crippen molar-refractivity contribution in [2.45, 2.75) is 23.5 Å². The maximum atomic E-state index is 13.4. The summed E-state index contributed by atoms with van der Waals surface area (Å²) in [7, 11) is -2.59. The number of hydrogen-bond acceptors (Lipinski definition) is 5. The van der Waals surface area contributed by atoms with Crippen molar-refractivity contribution in [3.05, 3.63) is 95.6 Å². The van der Waals surface area contributed by atoms with Crippen molar-refractivity contribution in [2.24, 2.45) is 0 Å². The van der Waals surface area contributed by atoms with Crippen molar-refractivity contribution in [3.8, 4) is 5.75 Å². The monoisotopic (exact) mass is 422 g/mol. The Hall–Kier alpha value is -3.25. The average molecular weight is 423 g/mol. The molecule has 6 heteroatoms. The number of carbonyl (C=O) groups is 2. The zero-order valence-electron chi connectivity index (χ0n) is 16.7. The summed E-state index contributed by atoms with van der Waals surface area (Å²) < 4.78 is 31.8. The number of hydrogen-bond donors (Lipinski definition) is 0. The predicted molar refractivity (Wildman–Crippen MR) is 115 cm³/mol. The molecule has 30 heavy (non-hydrogen) atoms. The van der Waals surface area contributed by atoms with E-state index < -0.39 is 33.1 Å². The second kappa shape index (κ2) is 9.05. The first-order valence-electron chi connectivity index (χ1n) is 9.40. The van der Waals surface area contributed by atoms with Gasteiger partial charge in [0.05, 0.1) is 12.0 Å². The van der Waals surface area contributed by atoms with E-state index >= 15 is 0 Å². The summed E-state index contributed by atoms with van der Waals surface area (Å²) in [5.74, 6) is -0.481. The summed E-state index contributed by atoms with van der Waals surface area (Å²) >= 11 is 0. The first-order chi connectivity index (χ1) is 14.3. The van der Waals surface area contributed by atoms with E-state index in [0.29, 0.717) is 11.3 Å². The zero-order valence-corrected chi connectivity index (χ0v) is 17.6. The topological polar surface area (TPSA) is 77.5 Å². The molecular formula is C24H22O5S. The smallest absolute Gasteiger partial charge is 0.189 e. The van der Waals surface area contributed by atoms with E-state index in [1.165, 1.54) is 31.4 Å². The highest BCUT2D eigenvalue weighted by molar-refractivity contribution is 7.92. The van der Waals surface area contributed by atoms with Gasteiger partial charge in [-0.05, 0) is 43.3 Å². The molecule has 0 saturated heterocycles. The lowest BCUT2D eigenvalue weighted by Crippen LogP contribution is -2.33. The van der Waals surface area contributed by atoms with Crippen LogP contribution in [0.4, 0.5) is 0 Å². The second-order valence-corrected chi connectivity index (χ2v) is 9.06. The number of rotatable bonds is 8. The lowest BCUT2D eigenvalue weighted by Gasteiger charge is -2.17. The minimum Gasteiger partial charge on any atom is -0.497 e. The number of benzene rings is 3. The van der Waals surface area contributed by atoms with Gasteiger partial charge < -0.3 is 4.74 Å². The van der Waals surface area contributed by atoms with Gasteiger partial charge >= 0.3 is 0 Å². The fraction of sp³-hybridized carbons (Fsp3) is 0.167. The van der Waals surface area contributed by atoms with Gasteiger partial charge in [-0.25, -0.2) is 8.42 Å². The molecule has 5 nitrogen and oxygen atoms in total. The molecule has 0 aliphatic rings. The van der Waals surface area contributed by atoms with Crippen molar-refractivity contribution in [1.29, 1.82) is 0 Å². The number of aryl methyl sites for hydroxylation is 1. The molecule has 3 aromatic rings. The van der Waals surface area contributed by atoms with Crippen LogP contribution >= 0.6 is 0 Å². The molecule has 3 rings (SSSR count). The number of ketones is 2. The van der Waals surface area contributed by atoms with E-state index in [0.717, 1.165) is 5.56 Å². The van der Waals surface area contributed by atoms with Crippen LogP contribution in [0.25, 0.3) is 0 Å². The molecule has 0 N–H and O–H groups in total. The molecular weight excluding hydrogens is 400 g/mol. The predicted octanol–water partition coefficient (Wildman–Crippen LogP) is 4.30. The van der Waals surface area contributed by atoms with Crippen LogP contribution in [0.5, 0.6) is 5.75 Å². The van der Waals surface area contributed by atoms with Crippen LogP contribution in [-0.2, 0) is 9.84 Å². The molecule has 0 heterocycles. The molecule has 3 aromatic carbocycles. The number of Topliss-reactive ketones (excluding diaryl/α,β-unsaturated/α-hetero) is 2. The van der Waals surface area contributed by atoms with Gasteiger partial charge in [-0.1, -0.05) is 48.0 Å². The summed E-state index contributed by atoms with van der Waals surface area (Å²) in [6, 6.07) is 20.8. The number of sulfone groups is 1. The van der Waals surface area contributed by atoms with Crippen LogP contribution in [0.2, 0.25) is 0 Å². The highest BCUT2D eigenvalue weighted by Gasteiger charge is 2.36. The van der Waals surface area contributed by atoms with E-state index in [2.05, 4.69) is 0 Å². The largest absolute Gasteiger partial charge is 0.497 e. The molecule has 1 atom stereocenters. The first kappa shape index (κ1) is 21.5. The van der Waals surface area contributed by atoms with Crippen LogP contribution in [0.15, 0.2) is 83.8 Å². The van der Waals surface area contributed by atoms with Gasteiger partial charge in [0.2, 0.25) is 0 Å². The summed E-state index contributed by atoms with van der Waals surface area (Å²) in [5, 5.41) is -1.53. The van der Waals surface area contributed by atoms with Crippen molar-refractivity contribution < 1.29 is 22.7 Å². The molecule has 154 valence electrons. The molecule has 0 amide bonds. The zero-order chi connectivity index (χ0) is 21.7. The standard InChI is InChI=1S/C24H22O5S/c1-17-8-14-21(15-9-17)30(27,28)23(16-22(25)18-6-4-3-5-7-18)24(26)19-10-12-20(29-2)13-11-19/h3-15,23H,16H2,1-2H3/t23-/m0/s1. The van der Waals surface area contributed by atoms with Crippen molar-refractivity contribution in [3.63, 3.8) is 0 Å². The Balaban J connectivity index is 2.02. The van der Waals surface area contributed by atoms with Crippen LogP contribution in [-0.4, -0.2) is 32.3 Å². The highest BCUT2D eigenvalue weighted by atomic mass is 32.2. The third-order valence-electron chi connectivity index (χ3n) is 4.86. The number of methoxy groups -OCH3 is 1. The van der Waals surface area contributed by atoms with Crippen LogP contribution < -0.4 is 4.74 Å². The number of carbonyl (C=O) groups excluding carboxylic acids is 2. The quantitative estimate of drug-likeness (QED) is 0.506. The van der Waals surface area contributed by atoms with Crippen molar-refractivity contribution in [2.75, 3.05) is 7.11 Å². The van der Waals surface area contributed by atoms with Crippen molar-refractivity contribution >= 4 is 21.4 Å². The highest BCUT2D eigenvalue weighted by Crippen LogP contribution is 2.25. The van der Waals surface area contributed by atoms with Crippen LogP contribution in [0.1, 0.15) is 32.7 Å². The third-order valence-corrected chi connectivity index (χ3v) is 6.92. The first-order valence-corrected chi connectivity index (χ1v) is 10.9. The van der Waals surface area contributed by atoms with E-state index in [1.54, 1.807) is 54.6 Å². The molecule has 0 aliphatic carbocycles. The van der Waals surface area contributed by atoms with Crippen LogP contribution in [0, 0.1) is 6.92 Å². The van der Waals surface area contributed by atoms with Gasteiger partial charge in [0.1, 0.15) is 11.0 Å². The Morgan fingerprint density at radius 3 is 2.00 bits per heavy atom. The molecule has 0 spiro atoms. The van der Waals surface area contributed by atoms with Gasteiger partial charge in [0, 0.05) is 17.5 Å². The van der Waals surface area contributed by atoms with Gasteiger partial charge in [-0.15, -0.1) is 0 Å². The van der Waals surface area contributed by atoms with E-state index in [4.69, 9.17) is 4.74 Å². The molecule has 0 aliphatic heterocycles.